The minimum atomic E-state index is -0.423. The number of aryl methyl sites for hydroxylation is 1. The van der Waals surface area contributed by atoms with Gasteiger partial charge in [0.05, 0.1) is 10.5 Å². The normalized spacial score (nSPS) is 14.2. The zero-order valence-electron chi connectivity index (χ0n) is 14.9. The predicted molar refractivity (Wildman–Crippen MR) is 120 cm³/mol. The van der Waals surface area contributed by atoms with Crippen molar-refractivity contribution in [3.05, 3.63) is 97.5 Å². The molecule has 5 heteroatoms. The largest absolute Gasteiger partial charge is 0.422 e. The van der Waals surface area contributed by atoms with Crippen LogP contribution < -0.4 is 4.74 Å². The summed E-state index contributed by atoms with van der Waals surface area (Å²) in [5.41, 5.74) is 2.93. The molecule has 0 unspecified atom stereocenters. The van der Waals surface area contributed by atoms with E-state index in [1.807, 2.05) is 55.5 Å². The molecule has 138 valence electrons. The number of thioether (sulfide) groups is 1. The molecule has 4 rings (SSSR count). The Morgan fingerprint density at radius 1 is 1.04 bits per heavy atom. The van der Waals surface area contributed by atoms with Gasteiger partial charge in [0.25, 0.3) is 0 Å². The van der Waals surface area contributed by atoms with E-state index in [1.165, 1.54) is 11.8 Å². The lowest BCUT2D eigenvalue weighted by molar-refractivity contribution is 0.0734. The molecule has 1 aliphatic heterocycles. The Labute approximate surface area is 180 Å². The first kappa shape index (κ1) is 19.0. The summed E-state index contributed by atoms with van der Waals surface area (Å²) < 4.78 is 6.69. The molecular formula is C23H15IO3S. The van der Waals surface area contributed by atoms with E-state index in [0.29, 0.717) is 27.3 Å². The summed E-state index contributed by atoms with van der Waals surface area (Å²) in [6.07, 6.45) is 1.80. The van der Waals surface area contributed by atoms with Crippen molar-refractivity contribution in [2.24, 2.45) is 0 Å². The molecule has 1 heterocycles. The molecule has 0 saturated heterocycles. The number of hydrogen-bond acceptors (Lipinski definition) is 4. The summed E-state index contributed by atoms with van der Waals surface area (Å²) >= 11 is 3.63. The molecule has 0 atom stereocenters. The minimum Gasteiger partial charge on any atom is -0.422 e. The van der Waals surface area contributed by atoms with Gasteiger partial charge in [0.1, 0.15) is 5.75 Å². The van der Waals surface area contributed by atoms with Crippen LogP contribution in [0.3, 0.4) is 0 Å². The molecule has 28 heavy (non-hydrogen) atoms. The number of carbonyl (C=O) groups is 2. The highest BCUT2D eigenvalue weighted by molar-refractivity contribution is 14.1. The van der Waals surface area contributed by atoms with Gasteiger partial charge in [0.15, 0.2) is 0 Å². The maximum Gasteiger partial charge on any atom is 0.343 e. The average molecular weight is 498 g/mol. The predicted octanol–water partition coefficient (Wildman–Crippen LogP) is 6.15. The highest BCUT2D eigenvalue weighted by Gasteiger charge is 2.25. The number of benzene rings is 3. The maximum atomic E-state index is 12.7. The van der Waals surface area contributed by atoms with E-state index in [9.17, 15) is 9.59 Å². The molecule has 0 radical (unpaired) electrons. The second-order valence-corrected chi connectivity index (χ2v) is 8.70. The Morgan fingerprint density at radius 3 is 2.54 bits per heavy atom. The van der Waals surface area contributed by atoms with Crippen LogP contribution in [0.15, 0.2) is 76.5 Å². The van der Waals surface area contributed by atoms with Gasteiger partial charge >= 0.3 is 5.97 Å². The van der Waals surface area contributed by atoms with Gasteiger partial charge in [-0.2, -0.15) is 0 Å². The average Bonchev–Trinajstić information content (AvgIpc) is 3.00. The van der Waals surface area contributed by atoms with E-state index in [2.05, 4.69) is 22.6 Å². The Kier molecular flexibility index (Phi) is 5.37. The van der Waals surface area contributed by atoms with Crippen molar-refractivity contribution in [2.75, 3.05) is 0 Å². The van der Waals surface area contributed by atoms with Gasteiger partial charge in [0, 0.05) is 19.6 Å². The number of esters is 1. The SMILES string of the molecule is Cc1ccc(OC(=O)c2ccc(I)cc2)c(C=C2Sc3ccccc3C2=O)c1. The van der Waals surface area contributed by atoms with Crippen molar-refractivity contribution in [1.29, 1.82) is 0 Å². The second-order valence-electron chi connectivity index (χ2n) is 6.37. The van der Waals surface area contributed by atoms with Crippen molar-refractivity contribution in [3.8, 4) is 5.75 Å². The van der Waals surface area contributed by atoms with E-state index >= 15 is 0 Å². The standard InChI is InChI=1S/C23H15IO3S/c1-14-6-11-19(27-23(26)15-7-9-17(24)10-8-15)16(12-14)13-21-22(25)18-4-2-3-5-20(18)28-21/h2-13H,1H3. The molecule has 0 N–H and O–H groups in total. The summed E-state index contributed by atoms with van der Waals surface area (Å²) in [6, 6.07) is 20.3. The number of carbonyl (C=O) groups excluding carboxylic acids is 2. The monoisotopic (exact) mass is 498 g/mol. The summed E-state index contributed by atoms with van der Waals surface area (Å²) in [6.45, 7) is 1.96. The van der Waals surface area contributed by atoms with E-state index in [1.54, 1.807) is 24.3 Å². The Morgan fingerprint density at radius 2 is 1.79 bits per heavy atom. The van der Waals surface area contributed by atoms with E-state index < -0.39 is 5.97 Å². The third kappa shape index (κ3) is 3.91. The van der Waals surface area contributed by atoms with Crippen molar-refractivity contribution in [2.45, 2.75) is 11.8 Å². The third-order valence-corrected chi connectivity index (χ3v) is 6.13. The van der Waals surface area contributed by atoms with Crippen molar-refractivity contribution in [3.63, 3.8) is 0 Å². The van der Waals surface area contributed by atoms with E-state index in [4.69, 9.17) is 4.74 Å². The fraction of sp³-hybridized carbons (Fsp3) is 0.0435. The number of Topliss-reactive ketones (excluding diaryl/α,β-unsaturated/α-hetero) is 1. The van der Waals surface area contributed by atoms with Gasteiger partial charge < -0.3 is 4.74 Å². The molecular weight excluding hydrogens is 483 g/mol. The van der Waals surface area contributed by atoms with Crippen LogP contribution in [0.1, 0.15) is 31.8 Å². The van der Waals surface area contributed by atoms with Crippen LogP contribution in [0.4, 0.5) is 0 Å². The highest BCUT2D eigenvalue weighted by Crippen LogP contribution is 2.41. The summed E-state index contributed by atoms with van der Waals surface area (Å²) in [5, 5.41) is 0. The Bertz CT molecular complexity index is 1120. The number of hydrogen-bond donors (Lipinski definition) is 0. The van der Waals surface area contributed by atoms with Crippen LogP contribution in [0.5, 0.6) is 5.75 Å². The number of rotatable bonds is 3. The first-order valence-electron chi connectivity index (χ1n) is 8.63. The van der Waals surface area contributed by atoms with Crippen LogP contribution in [0.2, 0.25) is 0 Å². The Balaban J connectivity index is 1.65. The first-order chi connectivity index (χ1) is 13.5. The first-order valence-corrected chi connectivity index (χ1v) is 10.5. The number of halogens is 1. The topological polar surface area (TPSA) is 43.4 Å². The van der Waals surface area contributed by atoms with Crippen LogP contribution in [0.25, 0.3) is 6.08 Å². The van der Waals surface area contributed by atoms with Crippen LogP contribution in [-0.4, -0.2) is 11.8 Å². The number of ether oxygens (including phenoxy) is 1. The van der Waals surface area contributed by atoms with E-state index in [-0.39, 0.29) is 5.78 Å². The fourth-order valence-electron chi connectivity index (χ4n) is 2.90. The summed E-state index contributed by atoms with van der Waals surface area (Å²) in [7, 11) is 0. The van der Waals surface area contributed by atoms with Crippen LogP contribution in [0, 0.1) is 10.5 Å². The molecule has 1 aliphatic rings. The lowest BCUT2D eigenvalue weighted by Gasteiger charge is -2.09. The van der Waals surface area contributed by atoms with Crippen LogP contribution >= 0.6 is 34.4 Å². The number of fused-ring (bicyclic) bond motifs is 1. The molecule has 0 saturated carbocycles. The number of allylic oxidation sites excluding steroid dienone is 1. The quantitative estimate of drug-likeness (QED) is 0.188. The van der Waals surface area contributed by atoms with Gasteiger partial charge in [-0.3, -0.25) is 4.79 Å². The molecule has 0 fully saturated rings. The smallest absolute Gasteiger partial charge is 0.343 e. The zero-order valence-corrected chi connectivity index (χ0v) is 17.9. The molecule has 3 aromatic rings. The Hall–Kier alpha value is -2.38. The molecule has 3 nitrogen and oxygen atoms in total. The van der Waals surface area contributed by atoms with Gasteiger partial charge in [-0.25, -0.2) is 4.79 Å². The number of ketones is 1. The summed E-state index contributed by atoms with van der Waals surface area (Å²) in [5.74, 6) is 0.0108. The second kappa shape index (κ2) is 7.93. The van der Waals surface area contributed by atoms with Crippen molar-refractivity contribution >= 4 is 52.2 Å². The maximum absolute atomic E-state index is 12.7. The van der Waals surface area contributed by atoms with Gasteiger partial charge in [-0.05, 0) is 84.1 Å². The van der Waals surface area contributed by atoms with Crippen molar-refractivity contribution in [1.82, 2.24) is 0 Å². The highest BCUT2D eigenvalue weighted by atomic mass is 127. The van der Waals surface area contributed by atoms with Gasteiger partial charge in [0.2, 0.25) is 5.78 Å². The zero-order chi connectivity index (χ0) is 19.7. The molecule has 0 amide bonds. The lowest BCUT2D eigenvalue weighted by atomic mass is 10.1. The fourth-order valence-corrected chi connectivity index (χ4v) is 4.30. The molecule has 0 aromatic heterocycles. The van der Waals surface area contributed by atoms with E-state index in [0.717, 1.165) is 14.0 Å². The minimum absolute atomic E-state index is 0.00276. The molecule has 3 aromatic carbocycles. The third-order valence-electron chi connectivity index (χ3n) is 4.31. The van der Waals surface area contributed by atoms with Crippen molar-refractivity contribution < 1.29 is 14.3 Å². The molecule has 0 bridgehead atoms. The lowest BCUT2D eigenvalue weighted by Crippen LogP contribution is -2.09. The molecule has 0 aliphatic carbocycles. The summed E-state index contributed by atoms with van der Waals surface area (Å²) in [4.78, 5) is 26.8. The molecule has 0 spiro atoms. The van der Waals surface area contributed by atoms with Crippen LogP contribution in [-0.2, 0) is 0 Å². The van der Waals surface area contributed by atoms with Gasteiger partial charge in [-0.15, -0.1) is 0 Å². The van der Waals surface area contributed by atoms with Gasteiger partial charge in [-0.1, -0.05) is 35.5 Å².